The van der Waals surface area contributed by atoms with Crippen LogP contribution in [0.2, 0.25) is 0 Å². The fourth-order valence-electron chi connectivity index (χ4n) is 1.59. The van der Waals surface area contributed by atoms with Crippen molar-refractivity contribution in [3.8, 4) is 6.07 Å². The molecule has 0 aliphatic rings. The lowest BCUT2D eigenvalue weighted by Gasteiger charge is -2.22. The van der Waals surface area contributed by atoms with Crippen LogP contribution in [0.5, 0.6) is 0 Å². The van der Waals surface area contributed by atoms with Crippen molar-refractivity contribution in [3.63, 3.8) is 0 Å². The van der Waals surface area contributed by atoms with Gasteiger partial charge in [0.1, 0.15) is 0 Å². The van der Waals surface area contributed by atoms with Gasteiger partial charge in [-0.1, -0.05) is 0 Å². The molecular formula is C13H19N5O. The van der Waals surface area contributed by atoms with Crippen molar-refractivity contribution in [2.45, 2.75) is 13.8 Å². The highest BCUT2D eigenvalue weighted by Gasteiger charge is 2.13. The van der Waals surface area contributed by atoms with Crippen molar-refractivity contribution in [2.75, 3.05) is 32.1 Å². The summed E-state index contributed by atoms with van der Waals surface area (Å²) in [5, 5.41) is 16.8. The summed E-state index contributed by atoms with van der Waals surface area (Å²) in [6.45, 7) is 5.19. The van der Waals surface area contributed by atoms with Crippen LogP contribution < -0.4 is 4.90 Å². The molecule has 6 nitrogen and oxygen atoms in total. The fourth-order valence-corrected chi connectivity index (χ4v) is 1.59. The maximum atomic E-state index is 11.7. The number of carbonyl (C=O) groups is 1. The van der Waals surface area contributed by atoms with Crippen LogP contribution in [0, 0.1) is 17.2 Å². The van der Waals surface area contributed by atoms with Gasteiger partial charge >= 0.3 is 0 Å². The van der Waals surface area contributed by atoms with Gasteiger partial charge in [-0.15, -0.1) is 10.2 Å². The first kappa shape index (κ1) is 14.9. The van der Waals surface area contributed by atoms with Gasteiger partial charge in [-0.2, -0.15) is 5.26 Å². The van der Waals surface area contributed by atoms with Crippen LogP contribution in [0.4, 0.5) is 5.82 Å². The third-order valence-electron chi connectivity index (χ3n) is 2.70. The molecule has 0 saturated heterocycles. The maximum absolute atomic E-state index is 11.7. The summed E-state index contributed by atoms with van der Waals surface area (Å²) in [5.74, 6) is 0.428. The van der Waals surface area contributed by atoms with E-state index < -0.39 is 0 Å². The van der Waals surface area contributed by atoms with Gasteiger partial charge in [0, 0.05) is 27.2 Å². The van der Waals surface area contributed by atoms with E-state index in [9.17, 15) is 4.79 Å². The standard InChI is InChI=1S/C13H19N5O/c1-5-18(9-10(2)8-14)12-7-6-11(15-16-12)13(19)17(3)4/h6-7,10H,5,9H2,1-4H3. The van der Waals surface area contributed by atoms with Crippen molar-refractivity contribution in [3.05, 3.63) is 17.8 Å². The van der Waals surface area contributed by atoms with E-state index in [0.29, 0.717) is 18.1 Å². The Morgan fingerprint density at radius 2 is 2.11 bits per heavy atom. The summed E-state index contributed by atoms with van der Waals surface area (Å²) in [6, 6.07) is 5.61. The molecule has 1 atom stereocenters. The highest BCUT2D eigenvalue weighted by molar-refractivity contribution is 5.91. The molecule has 1 aromatic rings. The molecule has 0 fully saturated rings. The molecule has 6 heteroatoms. The highest BCUT2D eigenvalue weighted by atomic mass is 16.2. The first-order chi connectivity index (χ1) is 8.99. The Morgan fingerprint density at radius 3 is 2.53 bits per heavy atom. The molecule has 19 heavy (non-hydrogen) atoms. The van der Waals surface area contributed by atoms with Gasteiger partial charge in [-0.05, 0) is 26.0 Å². The molecule has 0 aliphatic carbocycles. The minimum absolute atomic E-state index is 0.0789. The summed E-state index contributed by atoms with van der Waals surface area (Å²) in [6.07, 6.45) is 0. The van der Waals surface area contributed by atoms with Crippen LogP contribution in [0.3, 0.4) is 0 Å². The Bertz CT molecular complexity index is 463. The molecule has 1 unspecified atom stereocenters. The normalized spacial score (nSPS) is 11.5. The molecule has 0 aliphatic heterocycles. The second-order valence-corrected chi connectivity index (χ2v) is 4.55. The Hall–Kier alpha value is -2.16. The Kier molecular flexibility index (Phi) is 5.24. The van der Waals surface area contributed by atoms with E-state index in [-0.39, 0.29) is 11.8 Å². The van der Waals surface area contributed by atoms with Crippen molar-refractivity contribution >= 4 is 11.7 Å². The van der Waals surface area contributed by atoms with Crippen molar-refractivity contribution in [1.82, 2.24) is 15.1 Å². The number of nitrogens with zero attached hydrogens (tertiary/aromatic N) is 5. The van der Waals surface area contributed by atoms with Gasteiger partial charge in [-0.3, -0.25) is 4.79 Å². The molecule has 0 radical (unpaired) electrons. The van der Waals surface area contributed by atoms with Crippen molar-refractivity contribution in [2.24, 2.45) is 5.92 Å². The molecule has 0 bridgehead atoms. The molecule has 0 spiro atoms. The van der Waals surface area contributed by atoms with Gasteiger partial charge in [0.05, 0.1) is 12.0 Å². The predicted molar refractivity (Wildman–Crippen MR) is 72.7 cm³/mol. The van der Waals surface area contributed by atoms with Crippen molar-refractivity contribution in [1.29, 1.82) is 5.26 Å². The predicted octanol–water partition coefficient (Wildman–Crippen LogP) is 1.16. The maximum Gasteiger partial charge on any atom is 0.273 e. The van der Waals surface area contributed by atoms with E-state index in [4.69, 9.17) is 5.26 Å². The van der Waals surface area contributed by atoms with Crippen LogP contribution in [-0.2, 0) is 0 Å². The van der Waals surface area contributed by atoms with Gasteiger partial charge in [0.25, 0.3) is 5.91 Å². The molecule has 1 heterocycles. The summed E-state index contributed by atoms with van der Waals surface area (Å²) in [7, 11) is 3.34. The molecule has 1 aromatic heterocycles. The molecule has 102 valence electrons. The second-order valence-electron chi connectivity index (χ2n) is 4.55. The number of hydrogen-bond donors (Lipinski definition) is 0. The average Bonchev–Trinajstić information content (AvgIpc) is 2.43. The summed E-state index contributed by atoms with van der Waals surface area (Å²) in [4.78, 5) is 15.1. The lowest BCUT2D eigenvalue weighted by molar-refractivity contribution is 0.0821. The summed E-state index contributed by atoms with van der Waals surface area (Å²) >= 11 is 0. The Morgan fingerprint density at radius 1 is 1.42 bits per heavy atom. The number of hydrogen-bond acceptors (Lipinski definition) is 5. The third-order valence-corrected chi connectivity index (χ3v) is 2.70. The van der Waals surface area contributed by atoms with Crippen LogP contribution in [-0.4, -0.2) is 48.2 Å². The monoisotopic (exact) mass is 261 g/mol. The molecule has 1 rings (SSSR count). The molecular weight excluding hydrogens is 242 g/mol. The quantitative estimate of drug-likeness (QED) is 0.795. The Balaban J connectivity index is 2.85. The smallest absolute Gasteiger partial charge is 0.273 e. The van der Waals surface area contributed by atoms with Crippen LogP contribution in [0.25, 0.3) is 0 Å². The zero-order valence-electron chi connectivity index (χ0n) is 11.8. The van der Waals surface area contributed by atoms with E-state index >= 15 is 0 Å². The van der Waals surface area contributed by atoms with Crippen LogP contribution in [0.1, 0.15) is 24.3 Å². The number of aromatic nitrogens is 2. The summed E-state index contributed by atoms with van der Waals surface area (Å²) in [5.41, 5.74) is 0.318. The first-order valence-corrected chi connectivity index (χ1v) is 6.19. The highest BCUT2D eigenvalue weighted by Crippen LogP contribution is 2.12. The van der Waals surface area contributed by atoms with E-state index in [1.807, 2.05) is 18.7 Å². The minimum atomic E-state index is -0.174. The zero-order valence-corrected chi connectivity index (χ0v) is 11.8. The average molecular weight is 261 g/mol. The SMILES string of the molecule is CCN(CC(C)C#N)c1ccc(C(=O)N(C)C)nn1. The van der Waals surface area contributed by atoms with Gasteiger partial charge in [0.15, 0.2) is 11.5 Å². The lowest BCUT2D eigenvalue weighted by Crippen LogP contribution is -2.29. The minimum Gasteiger partial charge on any atom is -0.354 e. The number of amides is 1. The number of nitriles is 1. The van der Waals surface area contributed by atoms with E-state index in [2.05, 4.69) is 16.3 Å². The molecule has 0 saturated carbocycles. The van der Waals surface area contributed by atoms with Gasteiger partial charge in [0.2, 0.25) is 0 Å². The third kappa shape index (κ3) is 3.91. The summed E-state index contributed by atoms with van der Waals surface area (Å²) < 4.78 is 0. The van der Waals surface area contributed by atoms with Gasteiger partial charge in [-0.25, -0.2) is 0 Å². The lowest BCUT2D eigenvalue weighted by atomic mass is 10.2. The first-order valence-electron chi connectivity index (χ1n) is 6.19. The number of rotatable bonds is 5. The number of anilines is 1. The largest absolute Gasteiger partial charge is 0.354 e. The van der Waals surface area contributed by atoms with Crippen molar-refractivity contribution < 1.29 is 4.79 Å². The number of carbonyl (C=O) groups excluding carboxylic acids is 1. The fraction of sp³-hybridized carbons (Fsp3) is 0.538. The van der Waals surface area contributed by atoms with E-state index in [0.717, 1.165) is 6.54 Å². The molecule has 1 amide bonds. The topological polar surface area (TPSA) is 73.1 Å². The zero-order chi connectivity index (χ0) is 14.4. The van der Waals surface area contributed by atoms with E-state index in [1.165, 1.54) is 4.90 Å². The van der Waals surface area contributed by atoms with E-state index in [1.54, 1.807) is 26.2 Å². The van der Waals surface area contributed by atoms with Gasteiger partial charge < -0.3 is 9.80 Å². The molecule has 0 aromatic carbocycles. The second kappa shape index (κ2) is 6.69. The molecule has 0 N–H and O–H groups in total. The Labute approximate surface area is 113 Å². The van der Waals surface area contributed by atoms with Crippen LogP contribution >= 0.6 is 0 Å². The van der Waals surface area contributed by atoms with Crippen LogP contribution in [0.15, 0.2) is 12.1 Å².